The molecule has 3 aliphatic rings. The first-order valence-electron chi connectivity index (χ1n) is 7.25. The first kappa shape index (κ1) is 11.6. The quantitative estimate of drug-likeness (QED) is 0.474. The fourth-order valence-electron chi connectivity index (χ4n) is 3.31. The molecule has 22 heavy (non-hydrogen) atoms. The Morgan fingerprint density at radius 2 is 1.82 bits per heavy atom. The number of aromatic nitrogens is 4. The third-order valence-electron chi connectivity index (χ3n) is 4.30. The molecule has 0 fully saturated rings. The Morgan fingerprint density at radius 1 is 0.909 bits per heavy atom. The first-order chi connectivity index (χ1) is 10.9. The van der Waals surface area contributed by atoms with Gasteiger partial charge in [-0.3, -0.25) is 4.57 Å². The number of imidazole rings is 1. The molecular weight excluding hydrogens is 272 g/mol. The molecule has 0 amide bonds. The van der Waals surface area contributed by atoms with Gasteiger partial charge in [0.2, 0.25) is 0 Å². The van der Waals surface area contributed by atoms with Crippen molar-refractivity contribution in [1.82, 2.24) is 19.5 Å². The molecule has 1 aliphatic carbocycles. The minimum atomic E-state index is 0.815. The van der Waals surface area contributed by atoms with Crippen molar-refractivity contribution in [2.75, 3.05) is 0 Å². The van der Waals surface area contributed by atoms with Crippen molar-refractivity contribution in [2.45, 2.75) is 6.42 Å². The predicted octanol–water partition coefficient (Wildman–Crippen LogP) is 3.34. The Bertz CT molecular complexity index is 970. The third-order valence-corrected chi connectivity index (χ3v) is 4.30. The molecular formula is C18H12N4. The van der Waals surface area contributed by atoms with Crippen molar-refractivity contribution in [3.05, 3.63) is 72.4 Å². The van der Waals surface area contributed by atoms with Gasteiger partial charge in [-0.1, -0.05) is 36.4 Å². The van der Waals surface area contributed by atoms with Crippen LogP contribution in [0.15, 0.2) is 61.3 Å². The monoisotopic (exact) mass is 284 g/mol. The summed E-state index contributed by atoms with van der Waals surface area (Å²) in [6.45, 7) is 0. The van der Waals surface area contributed by atoms with E-state index in [1.165, 1.54) is 22.3 Å². The summed E-state index contributed by atoms with van der Waals surface area (Å²) in [6, 6.07) is 15.0. The Hall–Kier alpha value is -3.01. The molecule has 0 radical (unpaired) electrons. The van der Waals surface area contributed by atoms with Gasteiger partial charge in [0.05, 0.1) is 11.9 Å². The van der Waals surface area contributed by atoms with E-state index in [2.05, 4.69) is 57.4 Å². The molecule has 0 bridgehead atoms. The van der Waals surface area contributed by atoms with Gasteiger partial charge in [0, 0.05) is 6.42 Å². The van der Waals surface area contributed by atoms with E-state index in [1.54, 1.807) is 12.5 Å². The van der Waals surface area contributed by atoms with Crippen molar-refractivity contribution in [3.8, 4) is 28.3 Å². The third kappa shape index (κ3) is 1.49. The topological polar surface area (TPSA) is 43.6 Å². The highest BCUT2D eigenvalue weighted by Crippen LogP contribution is 2.39. The maximum absolute atomic E-state index is 4.38. The van der Waals surface area contributed by atoms with E-state index in [0.717, 1.165) is 23.6 Å². The van der Waals surface area contributed by atoms with Gasteiger partial charge in [-0.2, -0.15) is 0 Å². The SMILES string of the molecule is c1ccc2c(c1)Cc1c-2cccc1-n1cncc2ncnc1-2. The standard InChI is InChI=1S/C18H12N4/c1-2-5-13-12(4-1)8-15-14(13)6-3-7-17(15)22-11-19-9-16-18(22)21-10-20-16/h1-7,9-11H,8H2. The van der Waals surface area contributed by atoms with Crippen LogP contribution in [-0.4, -0.2) is 19.5 Å². The highest BCUT2D eigenvalue weighted by Gasteiger charge is 2.22. The molecule has 104 valence electrons. The molecule has 2 aromatic rings. The summed E-state index contributed by atoms with van der Waals surface area (Å²) in [6.07, 6.45) is 6.09. The molecule has 0 unspecified atom stereocenters. The van der Waals surface area contributed by atoms with Gasteiger partial charge in [-0.25, -0.2) is 15.0 Å². The van der Waals surface area contributed by atoms with Gasteiger partial charge in [0.1, 0.15) is 18.3 Å². The van der Waals surface area contributed by atoms with E-state index in [4.69, 9.17) is 0 Å². The second-order valence-electron chi connectivity index (χ2n) is 5.48. The van der Waals surface area contributed by atoms with E-state index in [1.807, 2.05) is 10.9 Å². The van der Waals surface area contributed by atoms with E-state index in [9.17, 15) is 0 Å². The molecule has 0 N–H and O–H groups in total. The van der Waals surface area contributed by atoms with Gasteiger partial charge in [-0.05, 0) is 28.3 Å². The zero-order valence-corrected chi connectivity index (χ0v) is 11.8. The van der Waals surface area contributed by atoms with Crippen LogP contribution in [0.5, 0.6) is 0 Å². The summed E-state index contributed by atoms with van der Waals surface area (Å²) in [7, 11) is 0. The molecule has 0 saturated carbocycles. The van der Waals surface area contributed by atoms with Gasteiger partial charge >= 0.3 is 0 Å². The van der Waals surface area contributed by atoms with Crippen LogP contribution in [-0.2, 0) is 6.42 Å². The van der Waals surface area contributed by atoms with Crippen molar-refractivity contribution < 1.29 is 0 Å². The predicted molar refractivity (Wildman–Crippen MR) is 84.0 cm³/mol. The highest BCUT2D eigenvalue weighted by molar-refractivity contribution is 5.80. The summed E-state index contributed by atoms with van der Waals surface area (Å²) in [4.78, 5) is 12.9. The first-order valence-corrected chi connectivity index (χ1v) is 7.25. The van der Waals surface area contributed by atoms with Crippen molar-refractivity contribution in [3.63, 3.8) is 0 Å². The van der Waals surface area contributed by atoms with E-state index in [-0.39, 0.29) is 0 Å². The molecule has 2 aromatic carbocycles. The molecule has 5 rings (SSSR count). The smallest absolute Gasteiger partial charge is 0.167 e. The van der Waals surface area contributed by atoms with Crippen LogP contribution in [0.25, 0.3) is 28.3 Å². The largest absolute Gasteiger partial charge is 0.283 e. The van der Waals surface area contributed by atoms with Crippen LogP contribution in [0, 0.1) is 0 Å². The number of hydrogen-bond donors (Lipinski definition) is 0. The van der Waals surface area contributed by atoms with Gasteiger partial charge in [0.15, 0.2) is 5.82 Å². The maximum Gasteiger partial charge on any atom is 0.167 e. The number of benzene rings is 2. The molecule has 4 nitrogen and oxygen atoms in total. The van der Waals surface area contributed by atoms with E-state index in [0.29, 0.717) is 0 Å². The Labute approximate surface area is 127 Å². The van der Waals surface area contributed by atoms with Crippen molar-refractivity contribution in [2.24, 2.45) is 0 Å². The van der Waals surface area contributed by atoms with Crippen LogP contribution < -0.4 is 0 Å². The summed E-state index contributed by atoms with van der Waals surface area (Å²) < 4.78 is 2.03. The number of hydrogen-bond acceptors (Lipinski definition) is 3. The second kappa shape index (κ2) is 4.24. The maximum atomic E-state index is 4.38. The summed E-state index contributed by atoms with van der Waals surface area (Å²) in [5, 5.41) is 0. The molecule has 4 heteroatoms. The summed E-state index contributed by atoms with van der Waals surface area (Å²) >= 11 is 0. The molecule has 2 heterocycles. The summed E-state index contributed by atoms with van der Waals surface area (Å²) in [5.41, 5.74) is 7.28. The van der Waals surface area contributed by atoms with Gasteiger partial charge in [-0.15, -0.1) is 0 Å². The second-order valence-corrected chi connectivity index (χ2v) is 5.48. The summed E-state index contributed by atoms with van der Waals surface area (Å²) in [5.74, 6) is 0.847. The average molecular weight is 284 g/mol. The van der Waals surface area contributed by atoms with Crippen molar-refractivity contribution >= 4 is 0 Å². The van der Waals surface area contributed by atoms with Gasteiger partial charge in [0.25, 0.3) is 0 Å². The molecule has 0 aromatic heterocycles. The molecule has 0 spiro atoms. The molecule has 0 saturated heterocycles. The molecule has 2 aliphatic heterocycles. The van der Waals surface area contributed by atoms with E-state index < -0.39 is 0 Å². The fourth-order valence-corrected chi connectivity index (χ4v) is 3.31. The lowest BCUT2D eigenvalue weighted by molar-refractivity contribution is 0.947. The Morgan fingerprint density at radius 3 is 2.82 bits per heavy atom. The van der Waals surface area contributed by atoms with Crippen LogP contribution in [0.1, 0.15) is 11.1 Å². The van der Waals surface area contributed by atoms with Gasteiger partial charge < -0.3 is 0 Å². The lowest BCUT2D eigenvalue weighted by atomic mass is 10.0. The Balaban J connectivity index is 1.78. The van der Waals surface area contributed by atoms with Crippen LogP contribution >= 0.6 is 0 Å². The van der Waals surface area contributed by atoms with Crippen LogP contribution in [0.4, 0.5) is 0 Å². The van der Waals surface area contributed by atoms with Crippen LogP contribution in [0.2, 0.25) is 0 Å². The zero-order chi connectivity index (χ0) is 14.5. The number of nitrogens with zero attached hydrogens (tertiary/aromatic N) is 4. The highest BCUT2D eigenvalue weighted by atomic mass is 15.1. The molecule has 0 atom stereocenters. The number of fused-ring (bicyclic) bond motifs is 4. The minimum absolute atomic E-state index is 0.815. The van der Waals surface area contributed by atoms with Crippen molar-refractivity contribution in [1.29, 1.82) is 0 Å². The lowest BCUT2D eigenvalue weighted by Crippen LogP contribution is -2.05. The normalized spacial score (nSPS) is 12.4. The zero-order valence-electron chi connectivity index (χ0n) is 11.8. The Kier molecular flexibility index (Phi) is 2.24. The minimum Gasteiger partial charge on any atom is -0.283 e. The lowest BCUT2D eigenvalue weighted by Gasteiger charge is -2.14. The number of rotatable bonds is 1. The fraction of sp³-hybridized carbons (Fsp3) is 0.0556. The van der Waals surface area contributed by atoms with E-state index >= 15 is 0 Å². The van der Waals surface area contributed by atoms with Crippen LogP contribution in [0.3, 0.4) is 0 Å². The average Bonchev–Trinajstić information content (AvgIpc) is 3.18.